The Labute approximate surface area is 324 Å². The standard InChI is InChI=1S/C50H29N7/c1-2-18-39(31(13-1)30-26-27-36-37-19-11-20-38-40-21-12-28-51-48(40)57(46(37)38)45(36)29-30)47-52-49(55-41-22-7-3-14-32(41)33-15-4-8-23-42(33)55)54-50(53-47)56-43-24-9-5-16-34(43)35-17-6-10-25-44(35)56/h1-29H. The molecule has 13 rings (SSSR count). The number of pyridine rings is 1. The largest absolute Gasteiger partial charge is 0.293 e. The molecule has 6 heterocycles. The second kappa shape index (κ2) is 11.3. The van der Waals surface area contributed by atoms with Crippen molar-refractivity contribution in [1.29, 1.82) is 0 Å². The van der Waals surface area contributed by atoms with Crippen LogP contribution in [0.3, 0.4) is 0 Å². The summed E-state index contributed by atoms with van der Waals surface area (Å²) in [5, 5.41) is 9.39. The van der Waals surface area contributed by atoms with E-state index in [1.807, 2.05) is 12.3 Å². The van der Waals surface area contributed by atoms with Crippen LogP contribution in [0.1, 0.15) is 0 Å². The number of hydrogen-bond acceptors (Lipinski definition) is 4. The van der Waals surface area contributed by atoms with E-state index in [0.717, 1.165) is 76.9 Å². The molecule has 13 aromatic rings. The molecule has 0 unspecified atom stereocenters. The summed E-state index contributed by atoms with van der Waals surface area (Å²) in [7, 11) is 0. The summed E-state index contributed by atoms with van der Waals surface area (Å²) >= 11 is 0. The fraction of sp³-hybridized carbons (Fsp3) is 0. The van der Waals surface area contributed by atoms with E-state index in [0.29, 0.717) is 17.7 Å². The van der Waals surface area contributed by atoms with E-state index in [4.69, 9.17) is 19.9 Å². The number of rotatable bonds is 4. The van der Waals surface area contributed by atoms with Gasteiger partial charge < -0.3 is 0 Å². The van der Waals surface area contributed by atoms with Crippen molar-refractivity contribution in [3.05, 3.63) is 176 Å². The zero-order valence-corrected chi connectivity index (χ0v) is 30.4. The Morgan fingerprint density at radius 2 is 0.825 bits per heavy atom. The monoisotopic (exact) mass is 727 g/mol. The molecule has 0 aliphatic carbocycles. The van der Waals surface area contributed by atoms with E-state index in [9.17, 15) is 0 Å². The number of hydrogen-bond donors (Lipinski definition) is 0. The fourth-order valence-corrected chi connectivity index (χ4v) is 9.34. The molecule has 0 saturated carbocycles. The fourth-order valence-electron chi connectivity index (χ4n) is 9.34. The zero-order valence-electron chi connectivity index (χ0n) is 30.4. The lowest BCUT2D eigenvalue weighted by Gasteiger charge is -2.14. The Morgan fingerprint density at radius 3 is 1.42 bits per heavy atom. The lowest BCUT2D eigenvalue weighted by atomic mass is 9.98. The van der Waals surface area contributed by atoms with Crippen molar-refractivity contribution in [2.75, 3.05) is 0 Å². The van der Waals surface area contributed by atoms with Crippen molar-refractivity contribution in [1.82, 2.24) is 33.5 Å². The van der Waals surface area contributed by atoms with E-state index in [2.05, 4.69) is 177 Å². The smallest absolute Gasteiger partial charge is 0.240 e. The Hall–Kier alpha value is -7.90. The minimum absolute atomic E-state index is 0.556. The van der Waals surface area contributed by atoms with Crippen molar-refractivity contribution in [3.8, 4) is 34.4 Å². The number of benzene rings is 7. The molecule has 57 heavy (non-hydrogen) atoms. The van der Waals surface area contributed by atoms with Crippen LogP contribution < -0.4 is 0 Å². The van der Waals surface area contributed by atoms with Gasteiger partial charge in [0.15, 0.2) is 5.82 Å². The normalized spacial score (nSPS) is 12.2. The summed E-state index contributed by atoms with van der Waals surface area (Å²) in [6.07, 6.45) is 1.88. The summed E-state index contributed by atoms with van der Waals surface area (Å²) in [5.74, 6) is 1.70. The first-order chi connectivity index (χ1) is 28.3. The molecule has 7 heteroatoms. The van der Waals surface area contributed by atoms with Crippen LogP contribution in [0.25, 0.3) is 116 Å². The highest BCUT2D eigenvalue weighted by Crippen LogP contribution is 2.41. The molecule has 0 radical (unpaired) electrons. The maximum atomic E-state index is 5.38. The summed E-state index contributed by atoms with van der Waals surface area (Å²) < 4.78 is 6.68. The van der Waals surface area contributed by atoms with Gasteiger partial charge in [-0.2, -0.15) is 15.0 Å². The van der Waals surface area contributed by atoms with Crippen molar-refractivity contribution in [3.63, 3.8) is 0 Å². The van der Waals surface area contributed by atoms with Gasteiger partial charge in [0.05, 0.1) is 33.1 Å². The zero-order chi connectivity index (χ0) is 37.2. The summed E-state index contributed by atoms with van der Waals surface area (Å²) in [6.45, 7) is 0. The molecule has 264 valence electrons. The molecular weight excluding hydrogens is 699 g/mol. The van der Waals surface area contributed by atoms with Gasteiger partial charge in [0.25, 0.3) is 0 Å². The van der Waals surface area contributed by atoms with Gasteiger partial charge in [-0.3, -0.25) is 13.5 Å². The highest BCUT2D eigenvalue weighted by Gasteiger charge is 2.23. The van der Waals surface area contributed by atoms with Gasteiger partial charge in [0.1, 0.15) is 5.65 Å². The van der Waals surface area contributed by atoms with E-state index in [1.54, 1.807) is 0 Å². The summed E-state index contributed by atoms with van der Waals surface area (Å²) in [6, 6.07) is 59.9. The van der Waals surface area contributed by atoms with Crippen molar-refractivity contribution in [2.45, 2.75) is 0 Å². The molecule has 0 aliphatic rings. The van der Waals surface area contributed by atoms with Crippen LogP contribution >= 0.6 is 0 Å². The van der Waals surface area contributed by atoms with Crippen molar-refractivity contribution in [2.24, 2.45) is 0 Å². The first kappa shape index (κ1) is 30.4. The first-order valence-electron chi connectivity index (χ1n) is 19.2. The predicted octanol–water partition coefficient (Wildman–Crippen LogP) is 11.9. The molecule has 0 N–H and O–H groups in total. The average molecular weight is 728 g/mol. The van der Waals surface area contributed by atoms with Crippen LogP contribution in [0, 0.1) is 0 Å². The minimum atomic E-state index is 0.556. The third-order valence-electron chi connectivity index (χ3n) is 11.7. The molecule has 0 atom stereocenters. The minimum Gasteiger partial charge on any atom is -0.293 e. The molecule has 0 saturated heterocycles. The van der Waals surface area contributed by atoms with Crippen LogP contribution in [0.15, 0.2) is 176 Å². The SMILES string of the molecule is c1ccc(-c2nc(-n3c4ccccc4c4ccccc43)nc(-n3c4ccccc4c4ccccc43)n2)c(-c2ccc3c4cccc5c6cccnc6n(c3c2)c45)c1. The number of aromatic nitrogens is 7. The molecule has 0 amide bonds. The highest BCUT2D eigenvalue weighted by atomic mass is 15.3. The maximum Gasteiger partial charge on any atom is 0.240 e. The van der Waals surface area contributed by atoms with Gasteiger partial charge in [-0.1, -0.05) is 127 Å². The number of nitrogens with zero attached hydrogens (tertiary/aromatic N) is 7. The lowest BCUT2D eigenvalue weighted by Crippen LogP contribution is -2.10. The summed E-state index contributed by atoms with van der Waals surface area (Å²) in [5.41, 5.74) is 10.5. The van der Waals surface area contributed by atoms with Crippen LogP contribution in [0.2, 0.25) is 0 Å². The second-order valence-corrected chi connectivity index (χ2v) is 14.7. The Bertz CT molecular complexity index is 3540. The molecule has 6 aromatic heterocycles. The average Bonchev–Trinajstić information content (AvgIpc) is 4.01. The van der Waals surface area contributed by atoms with Crippen LogP contribution in [0.5, 0.6) is 0 Å². The Balaban J connectivity index is 1.11. The molecule has 7 aromatic carbocycles. The Morgan fingerprint density at radius 1 is 0.351 bits per heavy atom. The van der Waals surface area contributed by atoms with Gasteiger partial charge in [0, 0.05) is 54.9 Å². The van der Waals surface area contributed by atoms with E-state index in [1.165, 1.54) is 21.7 Å². The molecule has 0 aliphatic heterocycles. The highest BCUT2D eigenvalue weighted by molar-refractivity contribution is 6.23. The van der Waals surface area contributed by atoms with E-state index >= 15 is 0 Å². The van der Waals surface area contributed by atoms with Crippen LogP contribution in [-0.2, 0) is 0 Å². The number of fused-ring (bicyclic) bond motifs is 12. The van der Waals surface area contributed by atoms with Gasteiger partial charge in [0.2, 0.25) is 11.9 Å². The van der Waals surface area contributed by atoms with Gasteiger partial charge in [-0.25, -0.2) is 4.98 Å². The van der Waals surface area contributed by atoms with E-state index in [-0.39, 0.29) is 0 Å². The quantitative estimate of drug-likeness (QED) is 0.181. The Kier molecular flexibility index (Phi) is 6.04. The first-order valence-corrected chi connectivity index (χ1v) is 19.2. The van der Waals surface area contributed by atoms with Crippen molar-refractivity contribution >= 4 is 81.8 Å². The third-order valence-corrected chi connectivity index (χ3v) is 11.7. The van der Waals surface area contributed by atoms with E-state index < -0.39 is 0 Å². The van der Waals surface area contributed by atoms with Crippen LogP contribution in [-0.4, -0.2) is 33.5 Å². The lowest BCUT2D eigenvalue weighted by molar-refractivity contribution is 0.893. The molecular formula is C50H29N7. The third kappa shape index (κ3) is 4.14. The summed E-state index contributed by atoms with van der Waals surface area (Å²) in [4.78, 5) is 21.0. The van der Waals surface area contributed by atoms with Gasteiger partial charge in [-0.05, 0) is 53.6 Å². The molecule has 0 spiro atoms. The molecule has 7 nitrogen and oxygen atoms in total. The van der Waals surface area contributed by atoms with Crippen LogP contribution in [0.4, 0.5) is 0 Å². The van der Waals surface area contributed by atoms with Crippen molar-refractivity contribution < 1.29 is 0 Å². The molecule has 0 fully saturated rings. The van der Waals surface area contributed by atoms with Gasteiger partial charge >= 0.3 is 0 Å². The van der Waals surface area contributed by atoms with Gasteiger partial charge in [-0.15, -0.1) is 0 Å². The second-order valence-electron chi connectivity index (χ2n) is 14.7. The molecule has 0 bridgehead atoms. The topological polar surface area (TPSA) is 65.8 Å². The predicted molar refractivity (Wildman–Crippen MR) is 232 cm³/mol. The number of para-hydroxylation sites is 5. The maximum absolute atomic E-state index is 5.38.